The average molecular weight is 402 g/mol. The third-order valence-electron chi connectivity index (χ3n) is 3.54. The van der Waals surface area contributed by atoms with Gasteiger partial charge in [0.2, 0.25) is 5.95 Å². The minimum Gasteiger partial charge on any atom is -0.306 e. The molecule has 2 N–H and O–H groups in total. The van der Waals surface area contributed by atoms with Crippen LogP contribution in [0.25, 0.3) is 5.95 Å². The molecule has 8 heteroatoms. The molecule has 0 bridgehead atoms. The first kappa shape index (κ1) is 17.1. The molecule has 3 rings (SSSR count). The fraction of sp³-hybridized carbons (Fsp3) is 0.176. The maximum Gasteiger partial charge on any atom is 0.257 e. The monoisotopic (exact) mass is 401 g/mol. The van der Waals surface area contributed by atoms with Crippen molar-refractivity contribution in [1.29, 1.82) is 0 Å². The number of rotatable bonds is 4. The zero-order valence-electron chi connectivity index (χ0n) is 13.7. The van der Waals surface area contributed by atoms with Crippen LogP contribution in [0.3, 0.4) is 0 Å². The van der Waals surface area contributed by atoms with Crippen molar-refractivity contribution in [3.63, 3.8) is 0 Å². The number of carbonyl (C=O) groups is 1. The Kier molecular flexibility index (Phi) is 4.80. The zero-order valence-corrected chi connectivity index (χ0v) is 15.3. The van der Waals surface area contributed by atoms with E-state index in [-0.39, 0.29) is 17.4 Å². The number of hydrogen-bond donors (Lipinski definition) is 2. The molecule has 1 amide bonds. The summed E-state index contributed by atoms with van der Waals surface area (Å²) in [5, 5.41) is 7.14. The Morgan fingerprint density at radius 1 is 1.32 bits per heavy atom. The molecular formula is C17H16BrN5O2. The van der Waals surface area contributed by atoms with Gasteiger partial charge in [-0.3, -0.25) is 14.6 Å². The van der Waals surface area contributed by atoms with Gasteiger partial charge in [0, 0.05) is 22.3 Å². The Morgan fingerprint density at radius 3 is 2.80 bits per heavy atom. The number of H-pyrrole nitrogens is 1. The average Bonchev–Trinajstić information content (AvgIpc) is 2.95. The molecule has 25 heavy (non-hydrogen) atoms. The number of nitrogens with one attached hydrogen (secondary N) is 2. The summed E-state index contributed by atoms with van der Waals surface area (Å²) in [6.07, 6.45) is 0.621. The van der Waals surface area contributed by atoms with Crippen molar-refractivity contribution in [3.05, 3.63) is 68.2 Å². The van der Waals surface area contributed by atoms with Crippen molar-refractivity contribution in [2.45, 2.75) is 20.3 Å². The Bertz CT molecular complexity index is 993. The standard InChI is InChI=1S/C17H16BrN5O2/c1-3-11-9-15(24)21-17(19-11)23-14(8-10(2)22-23)20-16(25)12-6-4-5-7-13(12)18/h4-9H,3H2,1-2H3,(H,20,25)(H,19,21,24). The fourth-order valence-corrected chi connectivity index (χ4v) is 2.82. The van der Waals surface area contributed by atoms with Crippen molar-refractivity contribution >= 4 is 27.7 Å². The van der Waals surface area contributed by atoms with Gasteiger partial charge in [0.15, 0.2) is 0 Å². The van der Waals surface area contributed by atoms with Gasteiger partial charge in [-0.05, 0) is 41.4 Å². The summed E-state index contributed by atoms with van der Waals surface area (Å²) in [5.74, 6) is 0.400. The van der Waals surface area contributed by atoms with Crippen molar-refractivity contribution in [3.8, 4) is 5.95 Å². The van der Waals surface area contributed by atoms with Gasteiger partial charge < -0.3 is 5.32 Å². The molecule has 0 spiro atoms. The second kappa shape index (κ2) is 7.02. The third kappa shape index (κ3) is 3.69. The van der Waals surface area contributed by atoms with Gasteiger partial charge in [-0.2, -0.15) is 9.78 Å². The Labute approximate surface area is 152 Å². The van der Waals surface area contributed by atoms with Gasteiger partial charge >= 0.3 is 0 Å². The highest BCUT2D eigenvalue weighted by Gasteiger charge is 2.15. The number of aromatic amines is 1. The molecule has 0 saturated carbocycles. The van der Waals surface area contributed by atoms with E-state index in [2.05, 4.69) is 36.3 Å². The molecule has 7 nitrogen and oxygen atoms in total. The summed E-state index contributed by atoms with van der Waals surface area (Å²) in [5.41, 5.74) is 1.57. The first-order valence-corrected chi connectivity index (χ1v) is 8.50. The lowest BCUT2D eigenvalue weighted by Gasteiger charge is -2.09. The summed E-state index contributed by atoms with van der Waals surface area (Å²) in [6.45, 7) is 3.71. The van der Waals surface area contributed by atoms with Gasteiger partial charge in [-0.15, -0.1) is 0 Å². The van der Waals surface area contributed by atoms with Crippen LogP contribution >= 0.6 is 15.9 Å². The highest BCUT2D eigenvalue weighted by atomic mass is 79.9. The van der Waals surface area contributed by atoms with Crippen LogP contribution in [0.2, 0.25) is 0 Å². The van der Waals surface area contributed by atoms with Crippen LogP contribution in [0.15, 0.2) is 45.7 Å². The maximum absolute atomic E-state index is 12.5. The topological polar surface area (TPSA) is 92.7 Å². The minimum atomic E-state index is -0.289. The molecule has 2 heterocycles. The van der Waals surface area contributed by atoms with E-state index in [1.807, 2.05) is 13.0 Å². The largest absolute Gasteiger partial charge is 0.306 e. The molecule has 0 unspecified atom stereocenters. The summed E-state index contributed by atoms with van der Waals surface area (Å²) in [7, 11) is 0. The fourth-order valence-electron chi connectivity index (χ4n) is 2.35. The van der Waals surface area contributed by atoms with Gasteiger partial charge in [-0.25, -0.2) is 4.98 Å². The van der Waals surface area contributed by atoms with E-state index in [1.165, 1.54) is 10.7 Å². The summed E-state index contributed by atoms with van der Waals surface area (Å²) in [6, 6.07) is 10.3. The van der Waals surface area contributed by atoms with E-state index in [0.29, 0.717) is 33.7 Å². The molecule has 0 radical (unpaired) electrons. The van der Waals surface area contributed by atoms with Gasteiger partial charge in [0.1, 0.15) is 5.82 Å². The van der Waals surface area contributed by atoms with Crippen LogP contribution in [0, 0.1) is 6.92 Å². The number of carbonyl (C=O) groups excluding carboxylic acids is 1. The molecule has 0 atom stereocenters. The van der Waals surface area contributed by atoms with E-state index in [9.17, 15) is 9.59 Å². The molecule has 2 aromatic heterocycles. The zero-order chi connectivity index (χ0) is 18.0. The van der Waals surface area contributed by atoms with E-state index in [0.717, 1.165) is 0 Å². The SMILES string of the molecule is CCc1cc(=O)[nH]c(-n2nc(C)cc2NC(=O)c2ccccc2Br)n1. The van der Waals surface area contributed by atoms with Crippen molar-refractivity contribution in [2.75, 3.05) is 5.32 Å². The predicted molar refractivity (Wildman–Crippen MR) is 98.2 cm³/mol. The molecule has 3 aromatic rings. The van der Waals surface area contributed by atoms with Gasteiger partial charge in [0.05, 0.1) is 11.3 Å². The van der Waals surface area contributed by atoms with Crippen LogP contribution < -0.4 is 10.9 Å². The van der Waals surface area contributed by atoms with Crippen LogP contribution in [-0.2, 0) is 6.42 Å². The first-order valence-electron chi connectivity index (χ1n) is 7.71. The molecular weight excluding hydrogens is 386 g/mol. The number of halogens is 1. The summed E-state index contributed by atoms with van der Waals surface area (Å²) < 4.78 is 2.11. The van der Waals surface area contributed by atoms with E-state index in [1.54, 1.807) is 31.2 Å². The lowest BCUT2D eigenvalue weighted by atomic mass is 10.2. The van der Waals surface area contributed by atoms with Crippen LogP contribution in [0.4, 0.5) is 5.82 Å². The highest BCUT2D eigenvalue weighted by Crippen LogP contribution is 2.19. The van der Waals surface area contributed by atoms with E-state index >= 15 is 0 Å². The normalized spacial score (nSPS) is 10.7. The smallest absolute Gasteiger partial charge is 0.257 e. The molecule has 128 valence electrons. The highest BCUT2D eigenvalue weighted by molar-refractivity contribution is 9.10. The van der Waals surface area contributed by atoms with Crippen molar-refractivity contribution in [1.82, 2.24) is 19.7 Å². The number of benzene rings is 1. The second-order valence-electron chi connectivity index (χ2n) is 5.43. The van der Waals surface area contributed by atoms with E-state index < -0.39 is 0 Å². The number of nitrogens with zero attached hydrogens (tertiary/aromatic N) is 3. The van der Waals surface area contributed by atoms with Gasteiger partial charge in [-0.1, -0.05) is 19.1 Å². The molecule has 0 aliphatic heterocycles. The quantitative estimate of drug-likeness (QED) is 0.702. The molecule has 0 fully saturated rings. The van der Waals surface area contributed by atoms with Crippen molar-refractivity contribution < 1.29 is 4.79 Å². The summed E-state index contributed by atoms with van der Waals surface area (Å²) in [4.78, 5) is 31.4. The third-order valence-corrected chi connectivity index (χ3v) is 4.23. The Balaban J connectivity index is 2.00. The number of hydrogen-bond acceptors (Lipinski definition) is 4. The number of aryl methyl sites for hydroxylation is 2. The number of aromatic nitrogens is 4. The van der Waals surface area contributed by atoms with Crippen LogP contribution in [0.5, 0.6) is 0 Å². The lowest BCUT2D eigenvalue weighted by molar-refractivity contribution is 0.102. The lowest BCUT2D eigenvalue weighted by Crippen LogP contribution is -2.19. The number of amides is 1. The predicted octanol–water partition coefficient (Wildman–Crippen LogP) is 2.84. The van der Waals surface area contributed by atoms with Gasteiger partial charge in [0.25, 0.3) is 11.5 Å². The molecule has 0 aliphatic rings. The second-order valence-corrected chi connectivity index (χ2v) is 6.28. The van der Waals surface area contributed by atoms with Crippen LogP contribution in [0.1, 0.15) is 28.7 Å². The summed E-state index contributed by atoms with van der Waals surface area (Å²) >= 11 is 3.36. The van der Waals surface area contributed by atoms with Crippen LogP contribution in [-0.4, -0.2) is 25.7 Å². The molecule has 1 aromatic carbocycles. The number of anilines is 1. The molecule has 0 aliphatic carbocycles. The maximum atomic E-state index is 12.5. The Morgan fingerprint density at radius 2 is 2.08 bits per heavy atom. The Hall–Kier alpha value is -2.74. The van der Waals surface area contributed by atoms with Crippen molar-refractivity contribution in [2.24, 2.45) is 0 Å². The molecule has 0 saturated heterocycles. The minimum absolute atomic E-state index is 0.264. The first-order chi connectivity index (χ1) is 12.0. The van der Waals surface area contributed by atoms with E-state index in [4.69, 9.17) is 0 Å².